The molecule has 1 aliphatic rings. The Morgan fingerprint density at radius 3 is 2.55 bits per heavy atom. The average molecular weight is 339 g/mol. The largest absolute Gasteiger partial charge is 0.468 e. The minimum absolute atomic E-state index is 0.0169. The van der Waals surface area contributed by atoms with Gasteiger partial charge in [-0.2, -0.15) is 0 Å². The highest BCUT2D eigenvalue weighted by Crippen LogP contribution is 2.20. The van der Waals surface area contributed by atoms with Gasteiger partial charge in [-0.15, -0.1) is 0 Å². The molecule has 106 valence electrons. The van der Waals surface area contributed by atoms with Crippen molar-refractivity contribution < 1.29 is 13.6 Å². The minimum Gasteiger partial charge on any atom is -0.468 e. The third-order valence-corrected chi connectivity index (χ3v) is 4.08. The molecule has 0 radical (unpaired) electrons. The Bertz CT molecular complexity index is 571. The number of piperazine rings is 1. The lowest BCUT2D eigenvalue weighted by Gasteiger charge is -2.34. The van der Waals surface area contributed by atoms with Crippen LogP contribution in [-0.4, -0.2) is 41.9 Å². The molecule has 0 N–H and O–H groups in total. The van der Waals surface area contributed by atoms with Crippen molar-refractivity contribution in [2.45, 2.75) is 6.54 Å². The third-order valence-electron chi connectivity index (χ3n) is 3.47. The number of carbonyl (C=O) groups excluding carboxylic acids is 1. The van der Waals surface area contributed by atoms with E-state index in [9.17, 15) is 4.79 Å². The zero-order valence-corrected chi connectivity index (χ0v) is 12.5. The molecule has 20 heavy (non-hydrogen) atoms. The van der Waals surface area contributed by atoms with Crippen LogP contribution in [0, 0.1) is 0 Å². The normalized spacial score (nSPS) is 16.6. The fourth-order valence-electron chi connectivity index (χ4n) is 2.35. The molecule has 2 aromatic rings. The Labute approximate surface area is 125 Å². The zero-order chi connectivity index (χ0) is 13.9. The van der Waals surface area contributed by atoms with Gasteiger partial charge in [0.2, 0.25) is 0 Å². The molecular weight excluding hydrogens is 324 g/mol. The van der Waals surface area contributed by atoms with Crippen molar-refractivity contribution in [2.75, 3.05) is 26.2 Å². The van der Waals surface area contributed by atoms with E-state index < -0.39 is 0 Å². The zero-order valence-electron chi connectivity index (χ0n) is 10.9. The van der Waals surface area contributed by atoms with E-state index in [2.05, 4.69) is 20.8 Å². The summed E-state index contributed by atoms with van der Waals surface area (Å²) in [5.74, 6) is 0.977. The van der Waals surface area contributed by atoms with Gasteiger partial charge in [0.25, 0.3) is 5.91 Å². The quantitative estimate of drug-likeness (QED) is 0.863. The molecule has 0 atom stereocenters. The van der Waals surface area contributed by atoms with Gasteiger partial charge in [-0.3, -0.25) is 9.69 Å². The van der Waals surface area contributed by atoms with Gasteiger partial charge >= 0.3 is 0 Å². The maximum atomic E-state index is 12.3. The van der Waals surface area contributed by atoms with Gasteiger partial charge in [-0.05, 0) is 34.1 Å². The second-order valence-corrected chi connectivity index (χ2v) is 5.48. The standard InChI is InChI=1S/C14H15BrN2O3/c15-13-12(3-9-20-13)14(18)17-6-4-16(5-7-17)10-11-2-1-8-19-11/h1-3,8-9H,4-7,10H2. The number of halogens is 1. The lowest BCUT2D eigenvalue weighted by atomic mass is 10.2. The SMILES string of the molecule is O=C(c1ccoc1Br)N1CCN(Cc2ccco2)CC1. The van der Waals surface area contributed by atoms with E-state index in [4.69, 9.17) is 8.83 Å². The maximum absolute atomic E-state index is 12.3. The van der Waals surface area contributed by atoms with E-state index in [1.165, 1.54) is 6.26 Å². The molecule has 1 saturated heterocycles. The molecule has 0 aliphatic carbocycles. The molecule has 0 aromatic carbocycles. The van der Waals surface area contributed by atoms with Crippen LogP contribution in [0.4, 0.5) is 0 Å². The maximum Gasteiger partial charge on any atom is 0.258 e. The fraction of sp³-hybridized carbons (Fsp3) is 0.357. The van der Waals surface area contributed by atoms with Crippen molar-refractivity contribution in [1.29, 1.82) is 0 Å². The second kappa shape index (κ2) is 5.85. The van der Waals surface area contributed by atoms with Gasteiger partial charge in [0.15, 0.2) is 4.67 Å². The third kappa shape index (κ3) is 2.81. The molecule has 0 spiro atoms. The van der Waals surface area contributed by atoms with E-state index in [1.807, 2.05) is 17.0 Å². The van der Waals surface area contributed by atoms with Gasteiger partial charge in [0, 0.05) is 26.2 Å². The van der Waals surface area contributed by atoms with E-state index in [0.717, 1.165) is 38.5 Å². The Morgan fingerprint density at radius 1 is 1.15 bits per heavy atom. The van der Waals surface area contributed by atoms with E-state index in [0.29, 0.717) is 10.2 Å². The van der Waals surface area contributed by atoms with Crippen LogP contribution in [-0.2, 0) is 6.54 Å². The Morgan fingerprint density at radius 2 is 1.95 bits per heavy atom. The molecule has 0 unspecified atom stereocenters. The van der Waals surface area contributed by atoms with Crippen LogP contribution in [0.1, 0.15) is 16.1 Å². The topological polar surface area (TPSA) is 49.8 Å². The molecule has 0 bridgehead atoms. The van der Waals surface area contributed by atoms with Crippen molar-refractivity contribution in [3.05, 3.63) is 46.7 Å². The number of nitrogens with zero attached hydrogens (tertiary/aromatic N) is 2. The summed E-state index contributed by atoms with van der Waals surface area (Å²) in [5.41, 5.74) is 0.587. The summed E-state index contributed by atoms with van der Waals surface area (Å²) in [7, 11) is 0. The monoisotopic (exact) mass is 338 g/mol. The summed E-state index contributed by atoms with van der Waals surface area (Å²) < 4.78 is 11.0. The second-order valence-electron chi connectivity index (χ2n) is 4.76. The highest BCUT2D eigenvalue weighted by Gasteiger charge is 2.24. The van der Waals surface area contributed by atoms with Crippen molar-refractivity contribution >= 4 is 21.8 Å². The first-order valence-corrected chi connectivity index (χ1v) is 7.30. The van der Waals surface area contributed by atoms with Crippen molar-refractivity contribution in [3.63, 3.8) is 0 Å². The molecule has 0 saturated carbocycles. The predicted molar refractivity (Wildman–Crippen MR) is 76.3 cm³/mol. The van der Waals surface area contributed by atoms with E-state index in [-0.39, 0.29) is 5.91 Å². The van der Waals surface area contributed by atoms with Crippen LogP contribution in [0.2, 0.25) is 0 Å². The summed E-state index contributed by atoms with van der Waals surface area (Å²) in [6.45, 7) is 3.93. The highest BCUT2D eigenvalue weighted by molar-refractivity contribution is 9.10. The molecule has 6 heteroatoms. The molecular formula is C14H15BrN2O3. The molecule has 1 fully saturated rings. The number of hydrogen-bond acceptors (Lipinski definition) is 4. The average Bonchev–Trinajstić information content (AvgIpc) is 3.10. The van der Waals surface area contributed by atoms with E-state index >= 15 is 0 Å². The van der Waals surface area contributed by atoms with Crippen LogP contribution in [0.25, 0.3) is 0 Å². The highest BCUT2D eigenvalue weighted by atomic mass is 79.9. The summed E-state index contributed by atoms with van der Waals surface area (Å²) in [6.07, 6.45) is 3.20. The minimum atomic E-state index is 0.0169. The van der Waals surface area contributed by atoms with E-state index in [1.54, 1.807) is 12.3 Å². The van der Waals surface area contributed by atoms with Crippen LogP contribution in [0.5, 0.6) is 0 Å². The molecule has 3 heterocycles. The summed E-state index contributed by atoms with van der Waals surface area (Å²) in [5, 5.41) is 0. The number of rotatable bonds is 3. The summed E-state index contributed by atoms with van der Waals surface area (Å²) >= 11 is 3.25. The van der Waals surface area contributed by atoms with Gasteiger partial charge < -0.3 is 13.7 Å². The first-order valence-electron chi connectivity index (χ1n) is 6.51. The Hall–Kier alpha value is -1.53. The van der Waals surface area contributed by atoms with Crippen molar-refractivity contribution in [2.24, 2.45) is 0 Å². The van der Waals surface area contributed by atoms with Gasteiger partial charge in [0.05, 0.1) is 24.6 Å². The number of hydrogen-bond donors (Lipinski definition) is 0. The summed E-state index contributed by atoms with van der Waals surface area (Å²) in [4.78, 5) is 16.4. The summed E-state index contributed by atoms with van der Waals surface area (Å²) in [6, 6.07) is 5.56. The van der Waals surface area contributed by atoms with Gasteiger partial charge in [-0.1, -0.05) is 0 Å². The first-order chi connectivity index (χ1) is 9.74. The molecule has 5 nitrogen and oxygen atoms in total. The fourth-order valence-corrected chi connectivity index (χ4v) is 2.76. The molecule has 2 aromatic heterocycles. The smallest absolute Gasteiger partial charge is 0.258 e. The Balaban J connectivity index is 1.56. The molecule has 3 rings (SSSR count). The lowest BCUT2D eigenvalue weighted by molar-refractivity contribution is 0.0618. The van der Waals surface area contributed by atoms with Gasteiger partial charge in [-0.25, -0.2) is 0 Å². The number of furan rings is 2. The van der Waals surface area contributed by atoms with Crippen molar-refractivity contribution in [3.8, 4) is 0 Å². The number of carbonyl (C=O) groups is 1. The van der Waals surface area contributed by atoms with Gasteiger partial charge in [0.1, 0.15) is 5.76 Å². The predicted octanol–water partition coefficient (Wildman–Crippen LogP) is 2.59. The molecule has 1 amide bonds. The number of amides is 1. The first kappa shape index (κ1) is 13.5. The van der Waals surface area contributed by atoms with Crippen LogP contribution in [0.15, 0.2) is 44.2 Å². The van der Waals surface area contributed by atoms with Crippen LogP contribution < -0.4 is 0 Å². The van der Waals surface area contributed by atoms with Crippen LogP contribution in [0.3, 0.4) is 0 Å². The molecule has 1 aliphatic heterocycles. The Kier molecular flexibility index (Phi) is 3.93. The van der Waals surface area contributed by atoms with Crippen molar-refractivity contribution in [1.82, 2.24) is 9.80 Å². The lowest BCUT2D eigenvalue weighted by Crippen LogP contribution is -2.48. The van der Waals surface area contributed by atoms with Crippen LogP contribution >= 0.6 is 15.9 Å².